The Morgan fingerprint density at radius 1 is 1.09 bits per heavy atom. The molecule has 0 aliphatic carbocycles. The fraction of sp³-hybridized carbons (Fsp3) is 0.333. The molecule has 0 unspecified atom stereocenters. The number of hydrogen-bond acceptors (Lipinski definition) is 6. The maximum atomic E-state index is 12.7. The van der Waals surface area contributed by atoms with E-state index in [0.29, 0.717) is 16.3 Å². The fourth-order valence-electron chi connectivity index (χ4n) is 2.81. The molecule has 11 heteroatoms. The van der Waals surface area contributed by atoms with Gasteiger partial charge >= 0.3 is 0 Å². The Morgan fingerprint density at radius 3 is 2.22 bits per heavy atom. The van der Waals surface area contributed by atoms with Crippen LogP contribution in [0.4, 0.5) is 5.69 Å². The number of carbonyl (C=O) groups excluding carboxylic acids is 2. The molecule has 0 fully saturated rings. The Balaban J connectivity index is 1.97. The summed E-state index contributed by atoms with van der Waals surface area (Å²) in [4.78, 5) is 26.3. The number of hydrogen-bond donors (Lipinski definition) is 4. The highest BCUT2D eigenvalue weighted by Crippen LogP contribution is 2.12. The molecule has 0 saturated heterocycles. The summed E-state index contributed by atoms with van der Waals surface area (Å²) < 4.78 is 27.1. The van der Waals surface area contributed by atoms with Crippen LogP contribution in [-0.2, 0) is 31.9 Å². The predicted octanol–water partition coefficient (Wildman–Crippen LogP) is 0.866. The number of likely N-dealkylation sites (N-methyl/N-ethyl adjacent to an activating group) is 1. The van der Waals surface area contributed by atoms with Gasteiger partial charge in [0.15, 0.2) is 0 Å². The van der Waals surface area contributed by atoms with Crippen LogP contribution in [0, 0.1) is 0 Å². The molecule has 0 aliphatic rings. The van der Waals surface area contributed by atoms with Crippen LogP contribution >= 0.6 is 11.6 Å². The second kappa shape index (κ2) is 11.3. The fourth-order valence-corrected chi connectivity index (χ4v) is 4.26. The lowest BCUT2D eigenvalue weighted by Crippen LogP contribution is -2.54. The summed E-state index contributed by atoms with van der Waals surface area (Å²) >= 11 is 5.80. The first-order valence-corrected chi connectivity index (χ1v) is 11.8. The molecule has 2 rings (SSSR count). The van der Waals surface area contributed by atoms with E-state index in [1.807, 2.05) is 0 Å². The zero-order chi connectivity index (χ0) is 23.9. The van der Waals surface area contributed by atoms with Crippen LogP contribution in [0.3, 0.4) is 0 Å². The lowest BCUT2D eigenvalue weighted by atomic mass is 10.2. The van der Waals surface area contributed by atoms with Gasteiger partial charge in [-0.25, -0.2) is 13.1 Å². The van der Waals surface area contributed by atoms with Crippen molar-refractivity contribution in [3.63, 3.8) is 0 Å². The normalized spacial score (nSPS) is 13.2. The summed E-state index contributed by atoms with van der Waals surface area (Å²) in [5, 5.41) is 12.8. The molecule has 2 aromatic carbocycles. The van der Waals surface area contributed by atoms with E-state index < -0.39 is 46.3 Å². The van der Waals surface area contributed by atoms with E-state index in [4.69, 9.17) is 17.3 Å². The van der Waals surface area contributed by atoms with Gasteiger partial charge in [0.05, 0.1) is 12.4 Å². The average Bonchev–Trinajstić information content (AvgIpc) is 2.76. The number of carbonyl (C=O) groups is 2. The number of benzene rings is 2. The molecular weight excluding hydrogens is 456 g/mol. The molecule has 2 amide bonds. The second-order valence-electron chi connectivity index (χ2n) is 7.32. The Hall–Kier alpha value is -2.66. The first-order valence-electron chi connectivity index (χ1n) is 9.76. The zero-order valence-corrected chi connectivity index (χ0v) is 19.4. The summed E-state index contributed by atoms with van der Waals surface area (Å²) in [5.74, 6) is -1.56. The lowest BCUT2D eigenvalue weighted by molar-refractivity contribution is -0.140. The highest BCUT2D eigenvalue weighted by Gasteiger charge is 2.30. The minimum Gasteiger partial charge on any atom is -0.399 e. The van der Waals surface area contributed by atoms with Gasteiger partial charge in [0.1, 0.15) is 12.1 Å². The minimum atomic E-state index is -3.94. The number of rotatable bonds is 10. The average molecular weight is 483 g/mol. The number of sulfonamides is 1. The molecule has 0 heterocycles. The standard InChI is InChI=1S/C21H27ClN4O5S/c1-14(20(28)24-11-15-5-9-18(23)10-6-15)26(2)21(29)19(12-27)25-32(30,31)13-16-3-7-17(22)8-4-16/h3-10,14,19,25,27H,11-13,23H2,1-2H3,(H,24,28)/t14-,19+/m0/s1. The summed E-state index contributed by atoms with van der Waals surface area (Å²) in [5.41, 5.74) is 7.53. The van der Waals surface area contributed by atoms with E-state index in [9.17, 15) is 23.1 Å². The molecule has 2 atom stereocenters. The van der Waals surface area contributed by atoms with Crippen molar-refractivity contribution in [2.45, 2.75) is 31.3 Å². The third-order valence-electron chi connectivity index (χ3n) is 4.83. The van der Waals surface area contributed by atoms with Crippen molar-refractivity contribution in [1.82, 2.24) is 14.9 Å². The molecule has 9 nitrogen and oxygen atoms in total. The quantitative estimate of drug-likeness (QED) is 0.370. The van der Waals surface area contributed by atoms with E-state index in [1.54, 1.807) is 48.5 Å². The highest BCUT2D eigenvalue weighted by molar-refractivity contribution is 7.88. The summed E-state index contributed by atoms with van der Waals surface area (Å²) in [7, 11) is -2.58. The van der Waals surface area contributed by atoms with Gasteiger partial charge in [-0.1, -0.05) is 35.9 Å². The van der Waals surface area contributed by atoms with Crippen LogP contribution in [0.15, 0.2) is 48.5 Å². The number of nitrogens with zero attached hydrogens (tertiary/aromatic N) is 1. The first kappa shape index (κ1) is 25.6. The molecule has 5 N–H and O–H groups in total. The number of nitrogen functional groups attached to an aromatic ring is 1. The number of nitrogens with one attached hydrogen (secondary N) is 2. The third-order valence-corrected chi connectivity index (χ3v) is 6.44. The number of halogens is 1. The van der Waals surface area contributed by atoms with Gasteiger partial charge in [0, 0.05) is 24.3 Å². The Bertz CT molecular complexity index is 1030. The zero-order valence-electron chi connectivity index (χ0n) is 17.8. The van der Waals surface area contributed by atoms with Gasteiger partial charge in [0.25, 0.3) is 0 Å². The van der Waals surface area contributed by atoms with Gasteiger partial charge in [-0.05, 0) is 42.3 Å². The van der Waals surface area contributed by atoms with Crippen LogP contribution < -0.4 is 15.8 Å². The van der Waals surface area contributed by atoms with Crippen molar-refractivity contribution in [3.05, 3.63) is 64.7 Å². The summed E-state index contributed by atoms with van der Waals surface area (Å²) in [6.45, 7) is 0.984. The van der Waals surface area contributed by atoms with E-state index in [2.05, 4.69) is 10.0 Å². The number of amides is 2. The maximum Gasteiger partial charge on any atom is 0.243 e. The van der Waals surface area contributed by atoms with Crippen molar-refractivity contribution >= 4 is 39.1 Å². The molecule has 0 bridgehead atoms. The van der Waals surface area contributed by atoms with Crippen molar-refractivity contribution in [3.8, 4) is 0 Å². The van der Waals surface area contributed by atoms with Crippen LogP contribution in [0.1, 0.15) is 18.1 Å². The van der Waals surface area contributed by atoms with Crippen LogP contribution in [0.25, 0.3) is 0 Å². The van der Waals surface area contributed by atoms with Gasteiger partial charge in [-0.2, -0.15) is 0 Å². The van der Waals surface area contributed by atoms with Crippen LogP contribution in [0.2, 0.25) is 5.02 Å². The number of aliphatic hydroxyl groups is 1. The predicted molar refractivity (Wildman–Crippen MR) is 123 cm³/mol. The molecule has 174 valence electrons. The highest BCUT2D eigenvalue weighted by atomic mass is 35.5. The van der Waals surface area contributed by atoms with E-state index in [-0.39, 0.29) is 6.54 Å². The van der Waals surface area contributed by atoms with Crippen molar-refractivity contribution in [1.29, 1.82) is 0 Å². The Kier molecular flexibility index (Phi) is 9.02. The number of aliphatic hydroxyl groups excluding tert-OH is 1. The summed E-state index contributed by atoms with van der Waals surface area (Å²) in [6, 6.07) is 10.9. The molecule has 0 spiro atoms. The summed E-state index contributed by atoms with van der Waals surface area (Å²) in [6.07, 6.45) is 0. The molecule has 0 aromatic heterocycles. The topological polar surface area (TPSA) is 142 Å². The molecule has 32 heavy (non-hydrogen) atoms. The van der Waals surface area contributed by atoms with Crippen molar-refractivity contribution in [2.24, 2.45) is 0 Å². The number of anilines is 1. The van der Waals surface area contributed by atoms with E-state index >= 15 is 0 Å². The first-order chi connectivity index (χ1) is 15.0. The van der Waals surface area contributed by atoms with Crippen LogP contribution in [-0.4, -0.2) is 56.0 Å². The van der Waals surface area contributed by atoms with E-state index in [0.717, 1.165) is 10.5 Å². The molecule has 0 radical (unpaired) electrons. The second-order valence-corrected chi connectivity index (χ2v) is 9.51. The molecule has 2 aromatic rings. The van der Waals surface area contributed by atoms with Gasteiger partial charge < -0.3 is 21.1 Å². The monoisotopic (exact) mass is 482 g/mol. The van der Waals surface area contributed by atoms with Gasteiger partial charge in [0.2, 0.25) is 21.8 Å². The lowest BCUT2D eigenvalue weighted by Gasteiger charge is -2.28. The van der Waals surface area contributed by atoms with Gasteiger partial charge in [-0.15, -0.1) is 0 Å². The van der Waals surface area contributed by atoms with Crippen molar-refractivity contribution < 1.29 is 23.1 Å². The number of nitrogens with two attached hydrogens (primary N) is 1. The van der Waals surface area contributed by atoms with E-state index in [1.165, 1.54) is 14.0 Å². The third kappa shape index (κ3) is 7.49. The molecule has 0 aliphatic heterocycles. The SMILES string of the molecule is C[C@@H](C(=O)NCc1ccc(N)cc1)N(C)C(=O)[C@@H](CO)NS(=O)(=O)Cc1ccc(Cl)cc1. The Labute approximate surface area is 192 Å². The molecule has 0 saturated carbocycles. The van der Waals surface area contributed by atoms with Crippen LogP contribution in [0.5, 0.6) is 0 Å². The van der Waals surface area contributed by atoms with Crippen molar-refractivity contribution in [2.75, 3.05) is 19.4 Å². The smallest absolute Gasteiger partial charge is 0.243 e. The van der Waals surface area contributed by atoms with Gasteiger partial charge in [-0.3, -0.25) is 9.59 Å². The molecular formula is C21H27ClN4O5S. The minimum absolute atomic E-state index is 0.239. The maximum absolute atomic E-state index is 12.7. The Morgan fingerprint density at radius 2 is 1.66 bits per heavy atom. The largest absolute Gasteiger partial charge is 0.399 e.